The predicted molar refractivity (Wildman–Crippen MR) is 70.4 cm³/mol. The number of aliphatic carboxylic acids is 1. The van der Waals surface area contributed by atoms with Gasteiger partial charge in [-0.2, -0.15) is 0 Å². The van der Waals surface area contributed by atoms with Gasteiger partial charge in [-0.1, -0.05) is 26.0 Å². The Labute approximate surface area is 112 Å². The van der Waals surface area contributed by atoms with Crippen molar-refractivity contribution in [2.45, 2.75) is 39.5 Å². The number of rotatable bonds is 7. The Morgan fingerprint density at radius 3 is 2.37 bits per heavy atom. The fourth-order valence-corrected chi connectivity index (χ4v) is 2.19. The average molecular weight is 266 g/mol. The number of Topliss-reactive ketones (excluding diaryl/α,β-unsaturated/α-hetero) is 1. The van der Waals surface area contributed by atoms with Crippen molar-refractivity contribution < 1.29 is 19.1 Å². The minimum absolute atomic E-state index is 0.00809. The fourth-order valence-electron chi connectivity index (χ4n) is 2.19. The summed E-state index contributed by atoms with van der Waals surface area (Å²) < 4.78 is 13.0. The highest BCUT2D eigenvalue weighted by Crippen LogP contribution is 2.31. The zero-order valence-electron chi connectivity index (χ0n) is 11.3. The van der Waals surface area contributed by atoms with Crippen LogP contribution in [0, 0.1) is 11.2 Å². The third-order valence-corrected chi connectivity index (χ3v) is 3.63. The first-order chi connectivity index (χ1) is 8.93. The van der Waals surface area contributed by atoms with E-state index in [1.54, 1.807) is 26.0 Å². The Balaban J connectivity index is 2.76. The molecule has 0 heterocycles. The van der Waals surface area contributed by atoms with Gasteiger partial charge in [0, 0.05) is 12.8 Å². The lowest BCUT2D eigenvalue weighted by molar-refractivity contribution is -0.152. The summed E-state index contributed by atoms with van der Waals surface area (Å²) in [6.07, 6.45) is 0.889. The van der Waals surface area contributed by atoms with Crippen molar-refractivity contribution in [3.8, 4) is 0 Å². The lowest BCUT2D eigenvalue weighted by Crippen LogP contribution is -2.32. The van der Waals surface area contributed by atoms with Crippen LogP contribution in [0.2, 0.25) is 0 Å². The molecule has 0 saturated heterocycles. The van der Waals surface area contributed by atoms with Gasteiger partial charge in [0.15, 0.2) is 0 Å². The summed E-state index contributed by atoms with van der Waals surface area (Å²) in [5, 5.41) is 9.27. The molecule has 0 aliphatic heterocycles. The molecule has 1 aromatic carbocycles. The number of carbonyl (C=O) groups excluding carboxylic acids is 1. The Kier molecular flexibility index (Phi) is 5.21. The quantitative estimate of drug-likeness (QED) is 0.824. The normalized spacial score (nSPS) is 11.3. The molecule has 0 saturated carbocycles. The molecule has 0 aliphatic carbocycles. The summed E-state index contributed by atoms with van der Waals surface area (Å²) in [6, 6.07) is 5.83. The molecule has 3 nitrogen and oxygen atoms in total. The molecule has 19 heavy (non-hydrogen) atoms. The monoisotopic (exact) mass is 266 g/mol. The lowest BCUT2D eigenvalue weighted by atomic mass is 9.77. The Hall–Kier alpha value is -1.71. The zero-order chi connectivity index (χ0) is 14.5. The number of carbonyl (C=O) groups is 2. The number of halogens is 1. The number of carboxylic acids is 1. The van der Waals surface area contributed by atoms with Gasteiger partial charge in [-0.3, -0.25) is 9.59 Å². The number of hydrogen-bond donors (Lipinski definition) is 1. The van der Waals surface area contributed by atoms with Crippen LogP contribution in [0.3, 0.4) is 0 Å². The Bertz CT molecular complexity index is 464. The minimum atomic E-state index is -0.996. The second kappa shape index (κ2) is 6.45. The molecule has 0 spiro atoms. The first kappa shape index (κ1) is 15.3. The number of benzene rings is 1. The number of ketones is 1. The molecule has 0 bridgehead atoms. The van der Waals surface area contributed by atoms with E-state index in [0.29, 0.717) is 18.4 Å². The summed E-state index contributed by atoms with van der Waals surface area (Å²) >= 11 is 0. The predicted octanol–water partition coefficient (Wildman–Crippen LogP) is 3.22. The van der Waals surface area contributed by atoms with Gasteiger partial charge in [0.05, 0.1) is 5.41 Å². The summed E-state index contributed by atoms with van der Waals surface area (Å²) in [7, 11) is 0. The second-order valence-electron chi connectivity index (χ2n) is 4.81. The van der Waals surface area contributed by atoms with Crippen molar-refractivity contribution in [2.75, 3.05) is 0 Å². The number of hydrogen-bond acceptors (Lipinski definition) is 2. The van der Waals surface area contributed by atoms with Crippen molar-refractivity contribution >= 4 is 11.8 Å². The highest BCUT2D eigenvalue weighted by molar-refractivity contribution is 5.87. The standard InChI is InChI=1S/C15H19FO3/c1-3-15(4-2,14(18)19)10-13(17)9-11-6-5-7-12(16)8-11/h5-8H,3-4,9-10H2,1-2H3,(H,18,19). The highest BCUT2D eigenvalue weighted by atomic mass is 19.1. The van der Waals surface area contributed by atoms with Crippen LogP contribution in [-0.2, 0) is 16.0 Å². The van der Waals surface area contributed by atoms with E-state index in [1.165, 1.54) is 12.1 Å². The smallest absolute Gasteiger partial charge is 0.310 e. The van der Waals surface area contributed by atoms with E-state index in [4.69, 9.17) is 0 Å². The first-order valence-electron chi connectivity index (χ1n) is 6.43. The second-order valence-corrected chi connectivity index (χ2v) is 4.81. The summed E-state index contributed by atoms with van der Waals surface area (Å²) in [4.78, 5) is 23.3. The van der Waals surface area contributed by atoms with Crippen molar-refractivity contribution in [2.24, 2.45) is 5.41 Å². The maximum absolute atomic E-state index is 13.0. The van der Waals surface area contributed by atoms with Crippen LogP contribution in [0.4, 0.5) is 4.39 Å². The molecule has 4 heteroatoms. The maximum atomic E-state index is 13.0. The highest BCUT2D eigenvalue weighted by Gasteiger charge is 2.36. The largest absolute Gasteiger partial charge is 0.481 e. The molecule has 104 valence electrons. The van der Waals surface area contributed by atoms with Gasteiger partial charge in [-0.05, 0) is 30.5 Å². The van der Waals surface area contributed by atoms with Crippen molar-refractivity contribution in [1.82, 2.24) is 0 Å². The molecule has 1 rings (SSSR count). The van der Waals surface area contributed by atoms with Crippen molar-refractivity contribution in [1.29, 1.82) is 0 Å². The van der Waals surface area contributed by atoms with Crippen LogP contribution in [0.5, 0.6) is 0 Å². The molecule has 0 unspecified atom stereocenters. The first-order valence-corrected chi connectivity index (χ1v) is 6.43. The summed E-state index contributed by atoms with van der Waals surface area (Å²) in [5.41, 5.74) is -0.416. The van der Waals surface area contributed by atoms with E-state index in [2.05, 4.69) is 0 Å². The van der Waals surface area contributed by atoms with Gasteiger partial charge < -0.3 is 5.11 Å². The van der Waals surface area contributed by atoms with Gasteiger partial charge in [0.2, 0.25) is 0 Å². The molecule has 0 radical (unpaired) electrons. The van der Waals surface area contributed by atoms with Crippen molar-refractivity contribution in [3.63, 3.8) is 0 Å². The Morgan fingerprint density at radius 2 is 1.89 bits per heavy atom. The SMILES string of the molecule is CCC(CC)(CC(=O)Cc1cccc(F)c1)C(=O)O. The lowest BCUT2D eigenvalue weighted by Gasteiger charge is -2.25. The molecule has 0 aromatic heterocycles. The molecular weight excluding hydrogens is 247 g/mol. The van der Waals surface area contributed by atoms with Crippen LogP contribution < -0.4 is 0 Å². The van der Waals surface area contributed by atoms with Gasteiger partial charge in [-0.25, -0.2) is 4.39 Å². The molecule has 0 fully saturated rings. The molecule has 0 aliphatic rings. The zero-order valence-corrected chi connectivity index (χ0v) is 11.3. The van der Waals surface area contributed by atoms with Gasteiger partial charge in [0.1, 0.15) is 11.6 Å². The van der Waals surface area contributed by atoms with E-state index >= 15 is 0 Å². The summed E-state index contributed by atoms with van der Waals surface area (Å²) in [6.45, 7) is 3.54. The Morgan fingerprint density at radius 1 is 1.26 bits per heavy atom. The number of carboxylic acid groups (broad SMARTS) is 1. The van der Waals surface area contributed by atoms with Crippen LogP contribution in [-0.4, -0.2) is 16.9 Å². The molecule has 1 aromatic rings. The van der Waals surface area contributed by atoms with Crippen molar-refractivity contribution in [3.05, 3.63) is 35.6 Å². The van der Waals surface area contributed by atoms with E-state index in [0.717, 1.165) is 0 Å². The fraction of sp³-hybridized carbons (Fsp3) is 0.467. The van der Waals surface area contributed by atoms with Crippen LogP contribution >= 0.6 is 0 Å². The van der Waals surface area contributed by atoms with E-state index in [9.17, 15) is 19.1 Å². The van der Waals surface area contributed by atoms with Crippen LogP contribution in [0.1, 0.15) is 38.7 Å². The van der Waals surface area contributed by atoms with E-state index in [-0.39, 0.29) is 24.4 Å². The molecule has 0 amide bonds. The third kappa shape index (κ3) is 3.88. The van der Waals surface area contributed by atoms with Gasteiger partial charge in [-0.15, -0.1) is 0 Å². The van der Waals surface area contributed by atoms with E-state index < -0.39 is 11.4 Å². The van der Waals surface area contributed by atoms with Crippen LogP contribution in [0.15, 0.2) is 24.3 Å². The van der Waals surface area contributed by atoms with E-state index in [1.807, 2.05) is 0 Å². The van der Waals surface area contributed by atoms with Gasteiger partial charge in [0.25, 0.3) is 0 Å². The van der Waals surface area contributed by atoms with Gasteiger partial charge >= 0.3 is 5.97 Å². The third-order valence-electron chi connectivity index (χ3n) is 3.63. The molecule has 1 N–H and O–H groups in total. The summed E-state index contributed by atoms with van der Waals surface area (Å²) in [5.74, 6) is -1.50. The topological polar surface area (TPSA) is 54.4 Å². The average Bonchev–Trinajstić information content (AvgIpc) is 2.35. The molecule has 0 atom stereocenters. The molecular formula is C15H19FO3. The maximum Gasteiger partial charge on any atom is 0.310 e. The minimum Gasteiger partial charge on any atom is -0.481 e. The van der Waals surface area contributed by atoms with Crippen LogP contribution in [0.25, 0.3) is 0 Å².